The second kappa shape index (κ2) is 5.56. The first kappa shape index (κ1) is 10.9. The summed E-state index contributed by atoms with van der Waals surface area (Å²) in [6.45, 7) is 5.75. The standard InChI is InChI=1S/C7H5ClN2.C2H6/c1-5-6(4-9)2-3-7(8)10-5;1-2/h2-3H,1H3;1-2H3. The summed E-state index contributed by atoms with van der Waals surface area (Å²) >= 11 is 5.55. The van der Waals surface area contributed by atoms with E-state index in [2.05, 4.69) is 4.98 Å². The van der Waals surface area contributed by atoms with Gasteiger partial charge < -0.3 is 0 Å². The molecule has 0 N–H and O–H groups in total. The molecule has 0 fully saturated rings. The fourth-order valence-corrected chi connectivity index (χ4v) is 0.838. The second-order valence-corrected chi connectivity index (χ2v) is 2.27. The van der Waals surface area contributed by atoms with Crippen molar-refractivity contribution in [3.05, 3.63) is 28.5 Å². The van der Waals surface area contributed by atoms with Gasteiger partial charge in [-0.15, -0.1) is 0 Å². The van der Waals surface area contributed by atoms with Gasteiger partial charge in [-0.25, -0.2) is 4.98 Å². The average molecular weight is 183 g/mol. The van der Waals surface area contributed by atoms with Crippen molar-refractivity contribution in [1.29, 1.82) is 5.26 Å². The Kier molecular flexibility index (Phi) is 5.07. The van der Waals surface area contributed by atoms with Crippen molar-refractivity contribution in [3.8, 4) is 6.07 Å². The van der Waals surface area contributed by atoms with E-state index in [-0.39, 0.29) is 0 Å². The van der Waals surface area contributed by atoms with Crippen LogP contribution in [-0.2, 0) is 0 Å². The van der Waals surface area contributed by atoms with Crippen molar-refractivity contribution >= 4 is 11.6 Å². The Morgan fingerprint density at radius 2 is 2.00 bits per heavy atom. The Morgan fingerprint density at radius 3 is 2.42 bits per heavy atom. The smallest absolute Gasteiger partial charge is 0.129 e. The Bertz CT molecular complexity index is 289. The zero-order valence-corrected chi connectivity index (χ0v) is 8.18. The fraction of sp³-hybridized carbons (Fsp3) is 0.333. The predicted octanol–water partition coefficient (Wildman–Crippen LogP) is 2.94. The molecule has 0 amide bonds. The van der Waals surface area contributed by atoms with E-state index in [1.165, 1.54) is 0 Å². The molecule has 2 nitrogen and oxygen atoms in total. The van der Waals surface area contributed by atoms with E-state index in [9.17, 15) is 0 Å². The minimum absolute atomic E-state index is 0.427. The molecule has 0 aromatic carbocycles. The molecule has 0 aliphatic rings. The monoisotopic (exact) mass is 182 g/mol. The topological polar surface area (TPSA) is 36.7 Å². The summed E-state index contributed by atoms with van der Waals surface area (Å²) in [5, 5.41) is 8.90. The van der Waals surface area contributed by atoms with Crippen molar-refractivity contribution in [2.45, 2.75) is 20.8 Å². The molecule has 1 heterocycles. The number of halogens is 1. The molecule has 0 unspecified atom stereocenters. The SMILES string of the molecule is CC.Cc1nc(Cl)ccc1C#N. The van der Waals surface area contributed by atoms with Crippen LogP contribution in [0.25, 0.3) is 0 Å². The number of aryl methyl sites for hydroxylation is 1. The summed E-state index contributed by atoms with van der Waals surface area (Å²) in [6.07, 6.45) is 0. The minimum Gasteiger partial charge on any atom is -0.240 e. The molecule has 0 aliphatic heterocycles. The quantitative estimate of drug-likeness (QED) is 0.579. The summed E-state index contributed by atoms with van der Waals surface area (Å²) in [5.74, 6) is 0. The lowest BCUT2D eigenvalue weighted by molar-refractivity contribution is 1.18. The van der Waals surface area contributed by atoms with Gasteiger partial charge in [0.15, 0.2) is 0 Å². The maximum Gasteiger partial charge on any atom is 0.129 e. The summed E-state index contributed by atoms with van der Waals surface area (Å²) < 4.78 is 0. The van der Waals surface area contributed by atoms with Crippen LogP contribution in [0.5, 0.6) is 0 Å². The molecule has 1 aromatic heterocycles. The van der Waals surface area contributed by atoms with Crippen LogP contribution >= 0.6 is 11.6 Å². The molecule has 3 heteroatoms. The van der Waals surface area contributed by atoms with Crippen molar-refractivity contribution in [2.75, 3.05) is 0 Å². The van der Waals surface area contributed by atoms with E-state index < -0.39 is 0 Å². The first-order chi connectivity index (χ1) is 5.74. The molecule has 1 rings (SSSR count). The van der Waals surface area contributed by atoms with E-state index in [4.69, 9.17) is 16.9 Å². The summed E-state index contributed by atoms with van der Waals surface area (Å²) in [6, 6.07) is 5.26. The van der Waals surface area contributed by atoms with Crippen molar-refractivity contribution in [3.63, 3.8) is 0 Å². The summed E-state index contributed by atoms with van der Waals surface area (Å²) in [5.41, 5.74) is 1.25. The van der Waals surface area contributed by atoms with E-state index in [1.54, 1.807) is 19.1 Å². The molecule has 0 aliphatic carbocycles. The van der Waals surface area contributed by atoms with Crippen molar-refractivity contribution in [2.24, 2.45) is 0 Å². The molecule has 12 heavy (non-hydrogen) atoms. The van der Waals surface area contributed by atoms with Gasteiger partial charge >= 0.3 is 0 Å². The van der Waals surface area contributed by atoms with Gasteiger partial charge in [-0.05, 0) is 19.1 Å². The van der Waals surface area contributed by atoms with Gasteiger partial charge in [-0.1, -0.05) is 25.4 Å². The third-order valence-corrected chi connectivity index (χ3v) is 1.38. The van der Waals surface area contributed by atoms with Gasteiger partial charge in [0.25, 0.3) is 0 Å². The lowest BCUT2D eigenvalue weighted by Gasteiger charge is -1.93. The Balaban J connectivity index is 0.000000561. The lowest BCUT2D eigenvalue weighted by atomic mass is 10.2. The van der Waals surface area contributed by atoms with Crippen LogP contribution in [0.3, 0.4) is 0 Å². The molecule has 64 valence electrons. The molecule has 0 bridgehead atoms. The Labute approximate surface area is 77.8 Å². The Morgan fingerprint density at radius 1 is 1.42 bits per heavy atom. The number of aromatic nitrogens is 1. The van der Waals surface area contributed by atoms with Crippen LogP contribution in [0, 0.1) is 18.3 Å². The first-order valence-electron chi connectivity index (χ1n) is 3.77. The van der Waals surface area contributed by atoms with E-state index in [0.717, 1.165) is 0 Å². The predicted molar refractivity (Wildman–Crippen MR) is 50.0 cm³/mol. The number of rotatable bonds is 0. The van der Waals surface area contributed by atoms with E-state index >= 15 is 0 Å². The molecule has 0 radical (unpaired) electrons. The maximum absolute atomic E-state index is 8.48. The summed E-state index contributed by atoms with van der Waals surface area (Å²) in [4.78, 5) is 3.89. The van der Waals surface area contributed by atoms with Gasteiger partial charge in [0.1, 0.15) is 11.2 Å². The van der Waals surface area contributed by atoms with Crippen LogP contribution in [0.1, 0.15) is 25.1 Å². The molecule has 1 aromatic rings. The van der Waals surface area contributed by atoms with Gasteiger partial charge in [0.2, 0.25) is 0 Å². The normalized spacial score (nSPS) is 7.92. The largest absolute Gasteiger partial charge is 0.240 e. The third-order valence-electron chi connectivity index (χ3n) is 1.17. The van der Waals surface area contributed by atoms with Gasteiger partial charge in [0, 0.05) is 0 Å². The highest BCUT2D eigenvalue weighted by Crippen LogP contribution is 2.08. The Hall–Kier alpha value is -1.07. The third kappa shape index (κ3) is 2.89. The van der Waals surface area contributed by atoms with Crippen molar-refractivity contribution in [1.82, 2.24) is 4.98 Å². The van der Waals surface area contributed by atoms with E-state index in [1.807, 2.05) is 19.9 Å². The second-order valence-electron chi connectivity index (χ2n) is 1.88. The molecular weight excluding hydrogens is 172 g/mol. The van der Waals surface area contributed by atoms with Crippen molar-refractivity contribution < 1.29 is 0 Å². The van der Waals surface area contributed by atoms with Crippen LogP contribution < -0.4 is 0 Å². The van der Waals surface area contributed by atoms with Crippen LogP contribution in [0.4, 0.5) is 0 Å². The highest BCUT2D eigenvalue weighted by atomic mass is 35.5. The molecule has 0 spiro atoms. The summed E-state index contributed by atoms with van der Waals surface area (Å²) in [7, 11) is 0. The minimum atomic E-state index is 0.427. The van der Waals surface area contributed by atoms with E-state index in [0.29, 0.717) is 16.4 Å². The number of nitriles is 1. The molecule has 0 saturated heterocycles. The number of hydrogen-bond donors (Lipinski definition) is 0. The number of pyridine rings is 1. The average Bonchev–Trinajstić information content (AvgIpc) is 2.08. The lowest BCUT2D eigenvalue weighted by Crippen LogP contribution is -1.86. The van der Waals surface area contributed by atoms with Crippen LogP contribution in [0.2, 0.25) is 5.15 Å². The van der Waals surface area contributed by atoms with Gasteiger partial charge in [-0.2, -0.15) is 5.26 Å². The fourth-order valence-electron chi connectivity index (χ4n) is 0.649. The molecular formula is C9H11ClN2. The zero-order chi connectivity index (χ0) is 9.56. The molecule has 0 saturated carbocycles. The van der Waals surface area contributed by atoms with Crippen LogP contribution in [-0.4, -0.2) is 4.98 Å². The van der Waals surface area contributed by atoms with Crippen LogP contribution in [0.15, 0.2) is 12.1 Å². The maximum atomic E-state index is 8.48. The highest BCUT2D eigenvalue weighted by Gasteiger charge is 1.96. The van der Waals surface area contributed by atoms with Gasteiger partial charge in [0.05, 0.1) is 11.3 Å². The zero-order valence-electron chi connectivity index (χ0n) is 7.43. The molecule has 0 atom stereocenters. The van der Waals surface area contributed by atoms with Gasteiger partial charge in [-0.3, -0.25) is 0 Å². The number of hydrogen-bond acceptors (Lipinski definition) is 2. The number of nitrogens with zero attached hydrogens (tertiary/aromatic N) is 2. The first-order valence-corrected chi connectivity index (χ1v) is 4.15. The highest BCUT2D eigenvalue weighted by molar-refractivity contribution is 6.29.